The van der Waals surface area contributed by atoms with Crippen molar-refractivity contribution in [2.24, 2.45) is 20.7 Å². The van der Waals surface area contributed by atoms with Crippen molar-refractivity contribution in [3.63, 3.8) is 0 Å². The van der Waals surface area contributed by atoms with Crippen LogP contribution in [0.5, 0.6) is 5.88 Å². The van der Waals surface area contributed by atoms with Crippen LogP contribution >= 0.6 is 0 Å². The van der Waals surface area contributed by atoms with Crippen LogP contribution in [0.15, 0.2) is 58.0 Å². The Morgan fingerprint density at radius 1 is 1.20 bits per heavy atom. The van der Waals surface area contributed by atoms with Crippen molar-refractivity contribution in [3.05, 3.63) is 59.8 Å². The predicted octanol–water partition coefficient (Wildman–Crippen LogP) is 4.70. The summed E-state index contributed by atoms with van der Waals surface area (Å²) < 4.78 is 73.6. The number of carbonyl (C=O) groups excluding carboxylic acids is 1. The van der Waals surface area contributed by atoms with Crippen LogP contribution in [0.1, 0.15) is 51.2 Å². The molecule has 5 rings (SSSR count). The number of allylic oxidation sites excluding steroid dienone is 1. The van der Waals surface area contributed by atoms with E-state index in [1.807, 2.05) is 32.9 Å². The summed E-state index contributed by atoms with van der Waals surface area (Å²) in [5.74, 6) is -0.256. The number of hydrogen-bond acceptors (Lipinski definition) is 7. The highest BCUT2D eigenvalue weighted by Gasteiger charge is 2.64. The maximum Gasteiger partial charge on any atom is 0.397 e. The van der Waals surface area contributed by atoms with E-state index in [0.717, 1.165) is 12.0 Å². The molecule has 1 amide bonds. The number of likely N-dealkylation sites (tertiary alicyclic amines) is 1. The van der Waals surface area contributed by atoms with Gasteiger partial charge in [0.15, 0.2) is 0 Å². The first-order chi connectivity index (χ1) is 19.2. The van der Waals surface area contributed by atoms with Gasteiger partial charge in [-0.25, -0.2) is 9.67 Å². The Kier molecular flexibility index (Phi) is 7.26. The molecule has 220 valence electrons. The Morgan fingerprint density at radius 2 is 1.90 bits per heavy atom. The average Bonchev–Trinajstić information content (AvgIpc) is 3.46. The third kappa shape index (κ3) is 5.25. The molecule has 13 heteroatoms. The Hall–Kier alpha value is -3.32. The second kappa shape index (κ2) is 10.2. The van der Waals surface area contributed by atoms with Crippen LogP contribution in [0.2, 0.25) is 0 Å². The highest BCUT2D eigenvalue weighted by Crippen LogP contribution is 2.57. The number of amides is 1. The predicted molar refractivity (Wildman–Crippen MR) is 145 cm³/mol. The fraction of sp³-hybridized carbons (Fsp3) is 0.536. The standard InChI is InChI=1S/C28H32F3N5O4S/c1-18-15-25(3,4)35(16-18)23-27(24(37)34-41(38)39,20-8-6-5-7-19(20)2)11-9-21(32-23)36-14-10-22(33-36)40-17-26(12-13-26)28(29,30)31/h5-11,14,18,23H,12-13,15-17H2,1-4H3/t18-,23?,27?/m0/s1. The number of carbonyl (C=O) groups is 1. The molecule has 1 aromatic heterocycles. The number of ether oxygens (including phenoxy) is 1. The number of nitrogens with zero attached hydrogens (tertiary/aromatic N) is 5. The van der Waals surface area contributed by atoms with Crippen molar-refractivity contribution in [2.45, 2.75) is 70.3 Å². The van der Waals surface area contributed by atoms with Gasteiger partial charge in [0.2, 0.25) is 5.88 Å². The van der Waals surface area contributed by atoms with Crippen LogP contribution in [0.3, 0.4) is 0 Å². The number of aromatic nitrogens is 2. The Balaban J connectivity index is 1.58. The lowest BCUT2D eigenvalue weighted by molar-refractivity contribution is -0.194. The summed E-state index contributed by atoms with van der Waals surface area (Å²) in [7, 11) is -2.99. The molecule has 0 radical (unpaired) electrons. The van der Waals surface area contributed by atoms with Gasteiger partial charge in [-0.05, 0) is 63.2 Å². The van der Waals surface area contributed by atoms with E-state index < -0.39 is 51.7 Å². The zero-order chi connectivity index (χ0) is 29.8. The molecule has 2 aliphatic heterocycles. The number of halogens is 3. The minimum absolute atomic E-state index is 0.0202. The van der Waals surface area contributed by atoms with Gasteiger partial charge in [0.05, 0.1) is 0 Å². The SMILES string of the molecule is Cc1ccccc1C1(C(=O)N=S(=O)=O)C=CC(n2ccc(OCC3(C(F)(F)F)CC3)n2)=NC1N1C[C@@H](C)CC1(C)C. The lowest BCUT2D eigenvalue weighted by Crippen LogP contribution is -2.58. The van der Waals surface area contributed by atoms with Crippen molar-refractivity contribution in [2.75, 3.05) is 13.2 Å². The maximum atomic E-state index is 13.8. The highest BCUT2D eigenvalue weighted by atomic mass is 32.2. The molecule has 9 nitrogen and oxygen atoms in total. The largest absolute Gasteiger partial charge is 0.476 e. The molecule has 0 spiro atoms. The fourth-order valence-corrected chi connectivity index (χ4v) is 6.44. The zero-order valence-electron chi connectivity index (χ0n) is 23.2. The van der Waals surface area contributed by atoms with E-state index in [1.165, 1.54) is 16.9 Å². The van der Waals surface area contributed by atoms with Gasteiger partial charge in [-0.2, -0.15) is 21.6 Å². The Morgan fingerprint density at radius 3 is 2.49 bits per heavy atom. The first-order valence-electron chi connectivity index (χ1n) is 13.4. The second-order valence-corrected chi connectivity index (χ2v) is 12.5. The summed E-state index contributed by atoms with van der Waals surface area (Å²) in [6.45, 7) is 8.12. The van der Waals surface area contributed by atoms with E-state index >= 15 is 0 Å². The van der Waals surface area contributed by atoms with Crippen molar-refractivity contribution >= 4 is 22.2 Å². The molecule has 1 aromatic carbocycles. The molecule has 2 aromatic rings. The summed E-state index contributed by atoms with van der Waals surface area (Å²) >= 11 is 0. The normalized spacial score (nSPS) is 26.9. The quantitative estimate of drug-likeness (QED) is 0.482. The molecule has 0 bridgehead atoms. The monoisotopic (exact) mass is 591 g/mol. The first kappa shape index (κ1) is 29.2. The number of benzene rings is 1. The van der Waals surface area contributed by atoms with Gasteiger partial charge in [-0.1, -0.05) is 41.6 Å². The number of aryl methyl sites for hydroxylation is 1. The summed E-state index contributed by atoms with van der Waals surface area (Å²) in [5.41, 5.74) is -2.46. The molecule has 41 heavy (non-hydrogen) atoms. The highest BCUT2D eigenvalue weighted by molar-refractivity contribution is 7.62. The number of aliphatic imine (C=N–C) groups is 1. The number of alkyl halides is 3. The van der Waals surface area contributed by atoms with Gasteiger partial charge in [0, 0.05) is 24.3 Å². The lowest BCUT2D eigenvalue weighted by Gasteiger charge is -2.46. The molecule has 3 atom stereocenters. The van der Waals surface area contributed by atoms with E-state index in [1.54, 1.807) is 24.3 Å². The summed E-state index contributed by atoms with van der Waals surface area (Å²) in [6.07, 6.45) is 0.331. The third-order valence-corrected chi connectivity index (χ3v) is 8.75. The van der Waals surface area contributed by atoms with E-state index in [4.69, 9.17) is 9.73 Å². The molecule has 2 fully saturated rings. The van der Waals surface area contributed by atoms with Crippen LogP contribution in [0, 0.1) is 18.3 Å². The first-order valence-corrected chi connectivity index (χ1v) is 14.4. The van der Waals surface area contributed by atoms with Crippen LogP contribution in [0.4, 0.5) is 13.2 Å². The summed E-state index contributed by atoms with van der Waals surface area (Å²) in [6, 6.07) is 8.68. The molecule has 2 unspecified atom stereocenters. The van der Waals surface area contributed by atoms with Crippen molar-refractivity contribution in [3.8, 4) is 5.88 Å². The summed E-state index contributed by atoms with van der Waals surface area (Å²) in [5, 5.41) is 4.31. The van der Waals surface area contributed by atoms with Gasteiger partial charge in [-0.15, -0.1) is 5.10 Å². The van der Waals surface area contributed by atoms with Crippen LogP contribution < -0.4 is 4.74 Å². The smallest absolute Gasteiger partial charge is 0.397 e. The fourth-order valence-electron chi connectivity index (χ4n) is 6.15. The molecular formula is C28H32F3N5O4S. The van der Waals surface area contributed by atoms with Gasteiger partial charge in [-0.3, -0.25) is 9.69 Å². The van der Waals surface area contributed by atoms with E-state index in [-0.39, 0.29) is 24.6 Å². The second-order valence-electron chi connectivity index (χ2n) is 11.9. The number of rotatable bonds is 6. The molecule has 1 saturated heterocycles. The maximum absolute atomic E-state index is 13.8. The van der Waals surface area contributed by atoms with Gasteiger partial charge in [0.25, 0.3) is 5.91 Å². The lowest BCUT2D eigenvalue weighted by atomic mass is 9.72. The molecule has 1 aliphatic carbocycles. The Bertz CT molecular complexity index is 1550. The molecule has 3 heterocycles. The van der Waals surface area contributed by atoms with Crippen molar-refractivity contribution in [1.29, 1.82) is 0 Å². The molecular weight excluding hydrogens is 559 g/mol. The summed E-state index contributed by atoms with van der Waals surface area (Å²) in [4.78, 5) is 20.9. The van der Waals surface area contributed by atoms with Crippen LogP contribution in [-0.4, -0.2) is 65.9 Å². The van der Waals surface area contributed by atoms with E-state index in [2.05, 4.69) is 21.3 Å². The molecule has 0 N–H and O–H groups in total. The van der Waals surface area contributed by atoms with Crippen molar-refractivity contribution < 1.29 is 31.1 Å². The molecule has 3 aliphatic rings. The average molecular weight is 592 g/mol. The third-order valence-electron chi connectivity index (χ3n) is 8.44. The van der Waals surface area contributed by atoms with Crippen LogP contribution in [-0.2, 0) is 20.7 Å². The van der Waals surface area contributed by atoms with Crippen LogP contribution in [0.25, 0.3) is 0 Å². The van der Waals surface area contributed by atoms with Gasteiger partial charge >= 0.3 is 16.7 Å². The van der Waals surface area contributed by atoms with Gasteiger partial charge in [0.1, 0.15) is 29.4 Å². The van der Waals surface area contributed by atoms with Gasteiger partial charge < -0.3 is 4.74 Å². The molecule has 1 saturated carbocycles. The minimum Gasteiger partial charge on any atom is -0.476 e. The zero-order valence-corrected chi connectivity index (χ0v) is 24.0. The minimum atomic E-state index is -4.34. The number of hydrogen-bond donors (Lipinski definition) is 0. The number of dihydropyridines is 1. The topological polar surface area (TPSA) is 106 Å². The Labute approximate surface area is 237 Å². The van der Waals surface area contributed by atoms with E-state index in [9.17, 15) is 26.4 Å². The van der Waals surface area contributed by atoms with E-state index in [0.29, 0.717) is 17.9 Å². The van der Waals surface area contributed by atoms with Crippen molar-refractivity contribution in [1.82, 2.24) is 14.7 Å².